The topological polar surface area (TPSA) is 34.1 Å². The molecule has 0 fully saturated rings. The molecule has 2 unspecified atom stereocenters. The van der Waals surface area contributed by atoms with Crippen molar-refractivity contribution in [2.24, 2.45) is 0 Å². The summed E-state index contributed by atoms with van der Waals surface area (Å²) in [5, 5.41) is 0. The van der Waals surface area contributed by atoms with E-state index in [2.05, 4.69) is 47.8 Å². The Morgan fingerprint density at radius 3 is 1.43 bits per heavy atom. The molecule has 5 heteroatoms. The van der Waals surface area contributed by atoms with Crippen LogP contribution in [0.4, 0.5) is 0 Å². The molecule has 2 atom stereocenters. The molecule has 0 N–H and O–H groups in total. The highest BCUT2D eigenvalue weighted by atomic mass is 79.9. The summed E-state index contributed by atoms with van der Waals surface area (Å²) >= 11 is 9.15. The Bertz CT molecular complexity index is 163. The molecular weight excluding hydrogens is 380 g/mol. The second kappa shape index (κ2) is 10.3. The van der Waals surface area contributed by atoms with Crippen LogP contribution in [0.25, 0.3) is 0 Å². The minimum Gasteiger partial charge on any atom is -0.299 e. The van der Waals surface area contributed by atoms with Gasteiger partial charge >= 0.3 is 0 Å². The summed E-state index contributed by atoms with van der Waals surface area (Å²) in [7, 11) is 0. The normalized spacial score (nSPS) is 13.6. The van der Waals surface area contributed by atoms with Crippen LogP contribution in [0.1, 0.15) is 33.6 Å². The molecule has 14 heavy (non-hydrogen) atoms. The largest absolute Gasteiger partial charge is 0.299 e. The zero-order valence-corrected chi connectivity index (χ0v) is 13.3. The molecule has 0 aromatic carbocycles. The number of halogens is 3. The summed E-state index contributed by atoms with van der Waals surface area (Å²) in [6.45, 7) is 5.50. The molecule has 84 valence electrons. The number of hydrogen-bond donors (Lipinski definition) is 0. The standard InChI is InChI=1S/C5H9BrO.C4H6Br2O/c1-3-5(6)4(2)7;1-2-3(5)4(6)7/h5H,3H2,1-2H3;3H,2H2,1H3. The average molecular weight is 395 g/mol. The predicted molar refractivity (Wildman–Crippen MR) is 70.6 cm³/mol. The van der Waals surface area contributed by atoms with E-state index in [0.717, 1.165) is 12.8 Å². The van der Waals surface area contributed by atoms with E-state index in [9.17, 15) is 9.59 Å². The second-order valence-electron chi connectivity index (χ2n) is 2.67. The van der Waals surface area contributed by atoms with Crippen molar-refractivity contribution in [2.45, 2.75) is 43.3 Å². The Kier molecular flexibility index (Phi) is 12.6. The smallest absolute Gasteiger partial charge is 0.211 e. The Morgan fingerprint density at radius 2 is 1.43 bits per heavy atom. The molecule has 0 aromatic rings. The third kappa shape index (κ3) is 10.9. The fourth-order valence-corrected chi connectivity index (χ4v) is 0.772. The maximum atomic E-state index is 10.3. The molecule has 0 saturated heterocycles. The van der Waals surface area contributed by atoms with Gasteiger partial charge in [-0.3, -0.25) is 9.59 Å². The van der Waals surface area contributed by atoms with Gasteiger partial charge in [0.25, 0.3) is 0 Å². The van der Waals surface area contributed by atoms with E-state index in [4.69, 9.17) is 0 Å². The molecule has 0 aromatic heterocycles. The molecule has 2 nitrogen and oxygen atoms in total. The molecule has 0 saturated carbocycles. The van der Waals surface area contributed by atoms with Gasteiger partial charge in [-0.25, -0.2) is 0 Å². The summed E-state index contributed by atoms with van der Waals surface area (Å²) in [5.41, 5.74) is 0. The summed E-state index contributed by atoms with van der Waals surface area (Å²) in [4.78, 5) is 20.6. The highest BCUT2D eigenvalue weighted by molar-refractivity contribution is 9.20. The van der Waals surface area contributed by atoms with E-state index >= 15 is 0 Å². The van der Waals surface area contributed by atoms with Crippen LogP contribution in [0.5, 0.6) is 0 Å². The molecule has 0 rings (SSSR count). The number of hydrogen-bond acceptors (Lipinski definition) is 2. The first-order chi connectivity index (χ1) is 6.36. The molecule has 0 spiro atoms. The van der Waals surface area contributed by atoms with E-state index in [0.29, 0.717) is 0 Å². The van der Waals surface area contributed by atoms with Gasteiger partial charge in [0, 0.05) is 0 Å². The lowest BCUT2D eigenvalue weighted by molar-refractivity contribution is -0.116. The molecular formula is C9H15Br3O2. The van der Waals surface area contributed by atoms with Gasteiger partial charge < -0.3 is 0 Å². The molecule has 0 aliphatic carbocycles. The minimum atomic E-state index is -0.00694. The van der Waals surface area contributed by atoms with Crippen molar-refractivity contribution in [2.75, 3.05) is 0 Å². The first-order valence-corrected chi connectivity index (χ1v) is 6.97. The third-order valence-electron chi connectivity index (χ3n) is 1.40. The number of alkyl halides is 2. The maximum Gasteiger partial charge on any atom is 0.211 e. The fraction of sp³-hybridized carbons (Fsp3) is 0.778. The Hall–Kier alpha value is 0.780. The van der Waals surface area contributed by atoms with Crippen LogP contribution in [0.3, 0.4) is 0 Å². The molecule has 0 amide bonds. The van der Waals surface area contributed by atoms with Crippen LogP contribution in [0, 0.1) is 0 Å². The zero-order valence-electron chi connectivity index (χ0n) is 8.52. The van der Waals surface area contributed by atoms with E-state index < -0.39 is 0 Å². The third-order valence-corrected chi connectivity index (χ3v) is 4.93. The van der Waals surface area contributed by atoms with Crippen molar-refractivity contribution in [1.82, 2.24) is 0 Å². The van der Waals surface area contributed by atoms with Crippen molar-refractivity contribution < 1.29 is 9.59 Å². The van der Waals surface area contributed by atoms with Gasteiger partial charge in [0.1, 0.15) is 5.78 Å². The fourth-order valence-electron chi connectivity index (χ4n) is 0.448. The van der Waals surface area contributed by atoms with Crippen molar-refractivity contribution in [3.63, 3.8) is 0 Å². The van der Waals surface area contributed by atoms with Crippen molar-refractivity contribution in [1.29, 1.82) is 0 Å². The van der Waals surface area contributed by atoms with Gasteiger partial charge in [0.05, 0.1) is 9.65 Å². The minimum absolute atomic E-state index is 0.00694. The highest BCUT2D eigenvalue weighted by Crippen LogP contribution is 2.08. The Morgan fingerprint density at radius 1 is 1.07 bits per heavy atom. The van der Waals surface area contributed by atoms with Gasteiger partial charge in [-0.15, -0.1) is 0 Å². The number of ketones is 1. The highest BCUT2D eigenvalue weighted by Gasteiger charge is 2.05. The van der Waals surface area contributed by atoms with Gasteiger partial charge in [-0.05, 0) is 35.7 Å². The summed E-state index contributed by atoms with van der Waals surface area (Å²) in [5.74, 6) is 0.211. The van der Waals surface area contributed by atoms with Crippen LogP contribution < -0.4 is 0 Å². The molecule has 0 bridgehead atoms. The number of carbonyl (C=O) groups excluding carboxylic acids is 2. The van der Waals surface area contributed by atoms with Crippen molar-refractivity contribution >= 4 is 58.3 Å². The van der Waals surface area contributed by atoms with Crippen LogP contribution in [0.15, 0.2) is 0 Å². The van der Waals surface area contributed by atoms with Crippen molar-refractivity contribution in [3.8, 4) is 0 Å². The lowest BCUT2D eigenvalue weighted by Gasteiger charge is -1.96. The van der Waals surface area contributed by atoms with Crippen molar-refractivity contribution in [3.05, 3.63) is 0 Å². The monoisotopic (exact) mass is 392 g/mol. The van der Waals surface area contributed by atoms with Crippen LogP contribution in [-0.4, -0.2) is 20.1 Å². The quantitative estimate of drug-likeness (QED) is 0.536. The molecule has 0 aliphatic heterocycles. The van der Waals surface area contributed by atoms with E-state index in [-0.39, 0.29) is 20.1 Å². The lowest BCUT2D eigenvalue weighted by Crippen LogP contribution is -2.06. The van der Waals surface area contributed by atoms with Gasteiger partial charge in [-0.2, -0.15) is 0 Å². The van der Waals surface area contributed by atoms with E-state index in [1.807, 2.05) is 13.8 Å². The van der Waals surface area contributed by atoms with E-state index in [1.165, 1.54) is 0 Å². The summed E-state index contributed by atoms with van der Waals surface area (Å²) in [6, 6.07) is 0. The Labute approximate surface area is 111 Å². The number of Topliss-reactive ketones (excluding diaryl/α,β-unsaturated/α-hetero) is 1. The predicted octanol–water partition coefficient (Wildman–Crippen LogP) is 3.83. The maximum absolute atomic E-state index is 10.3. The SMILES string of the molecule is CCC(Br)C(=O)Br.CCC(Br)C(C)=O. The van der Waals surface area contributed by atoms with Gasteiger partial charge in [0.2, 0.25) is 4.69 Å². The lowest BCUT2D eigenvalue weighted by atomic mass is 10.3. The summed E-state index contributed by atoms with van der Waals surface area (Å²) < 4.78 is 0.0231. The average Bonchev–Trinajstić information content (AvgIpc) is 2.15. The molecule has 0 aliphatic rings. The van der Waals surface area contributed by atoms with E-state index in [1.54, 1.807) is 6.92 Å². The first-order valence-electron chi connectivity index (χ1n) is 4.34. The summed E-state index contributed by atoms with van der Waals surface area (Å²) in [6.07, 6.45) is 1.72. The number of carbonyl (C=O) groups is 2. The van der Waals surface area contributed by atoms with Gasteiger partial charge in [0.15, 0.2) is 0 Å². The molecule has 0 radical (unpaired) electrons. The number of rotatable bonds is 4. The Balaban J connectivity index is 0. The first kappa shape index (κ1) is 17.2. The van der Waals surface area contributed by atoms with Crippen LogP contribution in [-0.2, 0) is 9.59 Å². The zero-order chi connectivity index (χ0) is 11.7. The molecule has 0 heterocycles. The van der Waals surface area contributed by atoms with Crippen LogP contribution in [0.2, 0.25) is 0 Å². The second-order valence-corrected chi connectivity index (χ2v) is 5.66. The van der Waals surface area contributed by atoms with Crippen LogP contribution >= 0.6 is 47.8 Å². The van der Waals surface area contributed by atoms with Gasteiger partial charge in [-0.1, -0.05) is 45.7 Å².